The molecule has 0 spiro atoms. The lowest BCUT2D eigenvalue weighted by Crippen LogP contribution is -2.45. The monoisotopic (exact) mass is 434 g/mol. The van der Waals surface area contributed by atoms with Gasteiger partial charge in [0.1, 0.15) is 18.4 Å². The molecule has 0 aliphatic heterocycles. The zero-order chi connectivity index (χ0) is 22.3. The quantitative estimate of drug-likeness (QED) is 0.525. The molecule has 12 heteroatoms. The van der Waals surface area contributed by atoms with Crippen molar-refractivity contribution in [2.45, 2.75) is 38.0 Å². The molecular weight excluding hydrogens is 412 g/mol. The highest BCUT2D eigenvalue weighted by atomic mass is 19.3. The first-order chi connectivity index (χ1) is 14.2. The molecule has 0 fully saturated rings. The molecule has 8 nitrogen and oxygen atoms in total. The minimum atomic E-state index is -4.30. The maximum Gasteiger partial charge on any atom is 0.340 e. The van der Waals surface area contributed by atoms with Crippen molar-refractivity contribution in [2.75, 3.05) is 19.8 Å². The van der Waals surface area contributed by atoms with Gasteiger partial charge in [0.15, 0.2) is 12.8 Å². The normalized spacial score (nSPS) is 13.9. The molecule has 1 heterocycles. The zero-order valence-corrected chi connectivity index (χ0v) is 16.0. The number of aromatic nitrogens is 3. The van der Waals surface area contributed by atoms with Gasteiger partial charge in [0.05, 0.1) is 12.7 Å². The van der Waals surface area contributed by atoms with Crippen molar-refractivity contribution >= 4 is 5.91 Å². The number of hydrogen-bond acceptors (Lipinski definition) is 6. The third-order valence-electron chi connectivity index (χ3n) is 4.24. The van der Waals surface area contributed by atoms with Crippen molar-refractivity contribution in [1.82, 2.24) is 19.7 Å². The van der Waals surface area contributed by atoms with Gasteiger partial charge in [0.2, 0.25) is 0 Å². The number of halogens is 4. The number of carbonyl (C=O) groups excluding carboxylic acids is 1. The Kier molecular flexibility index (Phi) is 8.12. The summed E-state index contributed by atoms with van der Waals surface area (Å²) in [6, 6.07) is 4.90. The van der Waals surface area contributed by atoms with Crippen LogP contribution in [0.2, 0.25) is 0 Å². The summed E-state index contributed by atoms with van der Waals surface area (Å²) in [4.78, 5) is 18.0. The highest BCUT2D eigenvalue weighted by Gasteiger charge is 2.41. The molecule has 0 saturated heterocycles. The third kappa shape index (κ3) is 5.66. The molecule has 0 aliphatic carbocycles. The van der Waals surface area contributed by atoms with Crippen molar-refractivity contribution < 1.29 is 37.3 Å². The highest BCUT2D eigenvalue weighted by Crippen LogP contribution is 2.25. The number of hydrogen-bond donors (Lipinski definition) is 2. The lowest BCUT2D eigenvalue weighted by Gasteiger charge is -2.34. The number of amides is 1. The van der Waals surface area contributed by atoms with E-state index in [9.17, 15) is 32.6 Å². The predicted molar refractivity (Wildman–Crippen MR) is 96.4 cm³/mol. The summed E-state index contributed by atoms with van der Waals surface area (Å²) < 4.78 is 56.3. The van der Waals surface area contributed by atoms with E-state index in [4.69, 9.17) is 0 Å². The summed E-state index contributed by atoms with van der Waals surface area (Å²) in [7, 11) is 0. The first kappa shape index (κ1) is 23.5. The van der Waals surface area contributed by atoms with E-state index in [1.54, 1.807) is 6.92 Å². The molecule has 0 aliphatic rings. The van der Waals surface area contributed by atoms with Crippen LogP contribution in [0.5, 0.6) is 5.75 Å². The van der Waals surface area contributed by atoms with Crippen LogP contribution < -0.4 is 4.74 Å². The van der Waals surface area contributed by atoms with E-state index in [-0.39, 0.29) is 24.3 Å². The molecule has 166 valence electrons. The van der Waals surface area contributed by atoms with Crippen LogP contribution in [0.4, 0.5) is 17.6 Å². The van der Waals surface area contributed by atoms with E-state index in [1.165, 1.54) is 46.5 Å². The summed E-state index contributed by atoms with van der Waals surface area (Å²) in [5.41, 5.74) is 0.102. The topological polar surface area (TPSA) is 101 Å². The van der Waals surface area contributed by atoms with Crippen LogP contribution in [-0.2, 0) is 0 Å². The first-order valence-corrected chi connectivity index (χ1v) is 9.04. The second-order valence-corrected chi connectivity index (χ2v) is 6.36. The van der Waals surface area contributed by atoms with Gasteiger partial charge in [0.25, 0.3) is 5.91 Å². The van der Waals surface area contributed by atoms with Crippen LogP contribution in [0.1, 0.15) is 29.9 Å². The lowest BCUT2D eigenvalue weighted by atomic mass is 10.1. The number of benzene rings is 1. The summed E-state index contributed by atoms with van der Waals surface area (Å²) in [5.74, 6) is -5.00. The Balaban J connectivity index is 2.20. The van der Waals surface area contributed by atoms with E-state index in [2.05, 4.69) is 14.8 Å². The molecule has 2 unspecified atom stereocenters. The van der Waals surface area contributed by atoms with Crippen molar-refractivity contribution in [3.8, 4) is 5.75 Å². The molecule has 1 aromatic carbocycles. The van der Waals surface area contributed by atoms with Crippen LogP contribution >= 0.6 is 0 Å². The second-order valence-electron chi connectivity index (χ2n) is 6.36. The van der Waals surface area contributed by atoms with Crippen molar-refractivity contribution in [3.05, 3.63) is 42.5 Å². The largest absolute Gasteiger partial charge is 0.487 e. The SMILES string of the molecule is CCC(O)C(N(CCO)C(=O)c1ccc(OCC(F)(F)C(F)F)cc1)n1cncn1. The van der Waals surface area contributed by atoms with Crippen LogP contribution in [-0.4, -0.2) is 74.0 Å². The maximum absolute atomic E-state index is 13.0. The van der Waals surface area contributed by atoms with E-state index in [0.29, 0.717) is 0 Å². The standard InChI is InChI=1S/C18H22F4N4O4/c1-2-14(28)15(26-11-23-10-24-26)25(7-8-27)16(29)12-3-5-13(6-4-12)30-9-18(21,22)17(19)20/h3-6,10-11,14-15,17,27-28H,2,7-9H2,1H3. The fraction of sp³-hybridized carbons (Fsp3) is 0.500. The van der Waals surface area contributed by atoms with Crippen molar-refractivity contribution in [2.24, 2.45) is 0 Å². The Morgan fingerprint density at radius 1 is 1.30 bits per heavy atom. The number of nitrogens with zero attached hydrogens (tertiary/aromatic N) is 4. The molecule has 2 aromatic rings. The van der Waals surface area contributed by atoms with E-state index in [1.807, 2.05) is 0 Å². The van der Waals surface area contributed by atoms with E-state index >= 15 is 0 Å². The third-order valence-corrected chi connectivity index (χ3v) is 4.24. The Morgan fingerprint density at radius 2 is 1.97 bits per heavy atom. The molecule has 2 rings (SSSR count). The predicted octanol–water partition coefficient (Wildman–Crippen LogP) is 1.96. The summed E-state index contributed by atoms with van der Waals surface area (Å²) >= 11 is 0. The zero-order valence-electron chi connectivity index (χ0n) is 16.0. The van der Waals surface area contributed by atoms with Crippen molar-refractivity contribution in [3.63, 3.8) is 0 Å². The lowest BCUT2D eigenvalue weighted by molar-refractivity contribution is -0.148. The molecule has 2 N–H and O–H groups in total. The highest BCUT2D eigenvalue weighted by molar-refractivity contribution is 5.94. The van der Waals surface area contributed by atoms with Gasteiger partial charge in [-0.15, -0.1) is 0 Å². The molecule has 1 amide bonds. The number of rotatable bonds is 11. The van der Waals surface area contributed by atoms with Crippen LogP contribution in [0.15, 0.2) is 36.9 Å². The molecule has 30 heavy (non-hydrogen) atoms. The summed E-state index contributed by atoms with van der Waals surface area (Å²) in [6.45, 7) is -0.320. The number of carbonyl (C=O) groups is 1. The smallest absolute Gasteiger partial charge is 0.340 e. The Hall–Kier alpha value is -2.73. The Bertz CT molecular complexity index is 790. The average molecular weight is 434 g/mol. The molecule has 0 saturated carbocycles. The minimum Gasteiger partial charge on any atom is -0.487 e. The van der Waals surface area contributed by atoms with Crippen LogP contribution in [0.3, 0.4) is 0 Å². The number of aliphatic hydroxyl groups excluding tert-OH is 2. The van der Waals surface area contributed by atoms with Gasteiger partial charge in [-0.25, -0.2) is 18.4 Å². The molecule has 0 radical (unpaired) electrons. The van der Waals surface area contributed by atoms with Gasteiger partial charge in [0, 0.05) is 12.1 Å². The number of ether oxygens (including phenoxy) is 1. The van der Waals surface area contributed by atoms with Gasteiger partial charge in [-0.05, 0) is 30.7 Å². The first-order valence-electron chi connectivity index (χ1n) is 9.04. The molecule has 0 bridgehead atoms. The number of aliphatic hydroxyl groups is 2. The van der Waals surface area contributed by atoms with E-state index in [0.717, 1.165) is 0 Å². The van der Waals surface area contributed by atoms with Crippen LogP contribution in [0, 0.1) is 0 Å². The molecule has 2 atom stereocenters. The minimum absolute atomic E-state index is 0.102. The fourth-order valence-corrected chi connectivity index (χ4v) is 2.66. The summed E-state index contributed by atoms with van der Waals surface area (Å²) in [6.07, 6.45) is -2.98. The van der Waals surface area contributed by atoms with Gasteiger partial charge >= 0.3 is 12.3 Å². The van der Waals surface area contributed by atoms with E-state index < -0.39 is 43.7 Å². The van der Waals surface area contributed by atoms with Crippen molar-refractivity contribution in [1.29, 1.82) is 0 Å². The Morgan fingerprint density at radius 3 is 2.47 bits per heavy atom. The second kappa shape index (κ2) is 10.3. The maximum atomic E-state index is 13.0. The Labute approximate surface area is 169 Å². The average Bonchev–Trinajstić information content (AvgIpc) is 3.25. The molecule has 1 aromatic heterocycles. The van der Waals surface area contributed by atoms with Gasteiger partial charge in [-0.2, -0.15) is 13.9 Å². The molecular formula is C18H22F4N4O4. The number of alkyl halides is 4. The van der Waals surface area contributed by atoms with Gasteiger partial charge in [-0.3, -0.25) is 4.79 Å². The van der Waals surface area contributed by atoms with Gasteiger partial charge in [-0.1, -0.05) is 6.92 Å². The fourth-order valence-electron chi connectivity index (χ4n) is 2.66. The van der Waals surface area contributed by atoms with Crippen LogP contribution in [0.25, 0.3) is 0 Å². The summed E-state index contributed by atoms with van der Waals surface area (Å²) in [5, 5.41) is 23.8. The van der Waals surface area contributed by atoms with Gasteiger partial charge < -0.3 is 19.8 Å².